The molecule has 7 nitrogen and oxygen atoms in total. The minimum absolute atomic E-state index is 0.0425. The van der Waals surface area contributed by atoms with Crippen molar-refractivity contribution in [1.82, 2.24) is 19.9 Å². The van der Waals surface area contributed by atoms with E-state index in [0.29, 0.717) is 18.7 Å². The summed E-state index contributed by atoms with van der Waals surface area (Å²) in [6, 6.07) is 7.62. The van der Waals surface area contributed by atoms with Crippen molar-refractivity contribution in [3.63, 3.8) is 0 Å². The number of fused-ring (bicyclic) bond motifs is 1. The molecular weight excluding hydrogens is 356 g/mol. The average molecular weight is 380 g/mol. The number of amides is 1. The maximum atomic E-state index is 12.8. The fourth-order valence-electron chi connectivity index (χ4n) is 3.66. The molecule has 0 aliphatic carbocycles. The molecule has 1 aromatic carbocycles. The number of aryl methyl sites for hydroxylation is 2. The molecule has 0 saturated carbocycles. The highest BCUT2D eigenvalue weighted by atomic mass is 16.5. The lowest BCUT2D eigenvalue weighted by Crippen LogP contribution is -2.35. The minimum Gasteiger partial charge on any atom is -0.376 e. The molecule has 1 atom stereocenters. The molecule has 3 aromatic rings. The highest BCUT2D eigenvalue weighted by molar-refractivity contribution is 5.95. The largest absolute Gasteiger partial charge is 0.376 e. The standard InChI is InChI=1S/C21H24N4O3/c1-13-7-8-25(12-16-4-3-9-28-16)21(27)19(13)20(26)22-11-15-5-6-17-18(10-15)24-14(2)23-17/h5-8,10,16H,3-4,9,11-12H2,1-2H3,(H,22,26)(H,23,24). The lowest BCUT2D eigenvalue weighted by molar-refractivity contribution is 0.0928. The number of imidazole rings is 1. The van der Waals surface area contributed by atoms with E-state index in [1.165, 1.54) is 0 Å². The first kappa shape index (κ1) is 18.4. The summed E-state index contributed by atoms with van der Waals surface area (Å²) in [5.41, 5.74) is 3.36. The fourth-order valence-corrected chi connectivity index (χ4v) is 3.66. The molecule has 0 bridgehead atoms. The zero-order valence-corrected chi connectivity index (χ0v) is 16.1. The summed E-state index contributed by atoms with van der Waals surface area (Å²) in [5.74, 6) is 0.493. The fraction of sp³-hybridized carbons (Fsp3) is 0.381. The topological polar surface area (TPSA) is 89.0 Å². The van der Waals surface area contributed by atoms with Gasteiger partial charge in [0.15, 0.2) is 0 Å². The van der Waals surface area contributed by atoms with Crippen LogP contribution in [0.5, 0.6) is 0 Å². The number of nitrogens with one attached hydrogen (secondary N) is 2. The lowest BCUT2D eigenvalue weighted by Gasteiger charge is -2.14. The zero-order chi connectivity index (χ0) is 19.7. The molecule has 7 heteroatoms. The smallest absolute Gasteiger partial charge is 0.263 e. The first-order valence-corrected chi connectivity index (χ1v) is 9.56. The van der Waals surface area contributed by atoms with Gasteiger partial charge < -0.3 is 19.6 Å². The number of aromatic amines is 1. The van der Waals surface area contributed by atoms with Gasteiger partial charge in [0, 0.05) is 19.3 Å². The SMILES string of the molecule is Cc1nc2ccc(CNC(=O)c3c(C)ccn(CC4CCCO4)c3=O)cc2[nH]1. The Kier molecular flexibility index (Phi) is 5.00. The number of aromatic nitrogens is 3. The molecule has 146 valence electrons. The summed E-state index contributed by atoms with van der Waals surface area (Å²) in [6.45, 7) is 5.24. The third-order valence-corrected chi connectivity index (χ3v) is 5.14. The molecule has 1 saturated heterocycles. The van der Waals surface area contributed by atoms with Crippen LogP contribution in [0, 0.1) is 13.8 Å². The predicted octanol–water partition coefficient (Wildman–Crippen LogP) is 2.45. The highest BCUT2D eigenvalue weighted by Gasteiger charge is 2.20. The van der Waals surface area contributed by atoms with Gasteiger partial charge in [0.05, 0.1) is 23.7 Å². The monoisotopic (exact) mass is 380 g/mol. The van der Waals surface area contributed by atoms with Gasteiger partial charge in [0.1, 0.15) is 11.4 Å². The van der Waals surface area contributed by atoms with Crippen LogP contribution in [0.15, 0.2) is 35.3 Å². The third-order valence-electron chi connectivity index (χ3n) is 5.14. The van der Waals surface area contributed by atoms with Gasteiger partial charge in [-0.1, -0.05) is 6.07 Å². The Morgan fingerprint density at radius 2 is 2.21 bits per heavy atom. The van der Waals surface area contributed by atoms with Crippen LogP contribution in [0.3, 0.4) is 0 Å². The second-order valence-corrected chi connectivity index (χ2v) is 7.32. The lowest BCUT2D eigenvalue weighted by atomic mass is 10.1. The Labute approximate surface area is 162 Å². The van der Waals surface area contributed by atoms with Crippen LogP contribution in [0.1, 0.15) is 40.2 Å². The van der Waals surface area contributed by atoms with E-state index in [1.54, 1.807) is 17.7 Å². The van der Waals surface area contributed by atoms with E-state index in [1.807, 2.05) is 31.2 Å². The zero-order valence-electron chi connectivity index (χ0n) is 16.1. The van der Waals surface area contributed by atoms with E-state index < -0.39 is 0 Å². The molecule has 1 amide bonds. The van der Waals surface area contributed by atoms with E-state index in [-0.39, 0.29) is 23.1 Å². The van der Waals surface area contributed by atoms with Crippen molar-refractivity contribution in [3.05, 3.63) is 63.3 Å². The first-order chi connectivity index (χ1) is 13.5. The molecule has 2 N–H and O–H groups in total. The summed E-state index contributed by atoms with van der Waals surface area (Å²) >= 11 is 0. The molecule has 1 aliphatic rings. The first-order valence-electron chi connectivity index (χ1n) is 9.56. The van der Waals surface area contributed by atoms with Crippen molar-refractivity contribution < 1.29 is 9.53 Å². The molecule has 28 heavy (non-hydrogen) atoms. The Morgan fingerprint density at radius 1 is 1.36 bits per heavy atom. The highest BCUT2D eigenvalue weighted by Crippen LogP contribution is 2.15. The Hall–Kier alpha value is -2.93. The Bertz CT molecular complexity index is 1080. The van der Waals surface area contributed by atoms with Crippen molar-refractivity contribution in [3.8, 4) is 0 Å². The van der Waals surface area contributed by atoms with Crippen molar-refractivity contribution in [2.45, 2.75) is 45.9 Å². The van der Waals surface area contributed by atoms with E-state index in [9.17, 15) is 9.59 Å². The summed E-state index contributed by atoms with van der Waals surface area (Å²) in [6.07, 6.45) is 3.74. The van der Waals surface area contributed by atoms with Gasteiger partial charge in [-0.05, 0) is 56.0 Å². The van der Waals surface area contributed by atoms with Gasteiger partial charge in [0.25, 0.3) is 11.5 Å². The van der Waals surface area contributed by atoms with Crippen LogP contribution in [0.4, 0.5) is 0 Å². The molecule has 1 aliphatic heterocycles. The van der Waals surface area contributed by atoms with Crippen LogP contribution in [0.2, 0.25) is 0 Å². The number of hydrogen-bond acceptors (Lipinski definition) is 4. The maximum Gasteiger partial charge on any atom is 0.263 e. The summed E-state index contributed by atoms with van der Waals surface area (Å²) in [7, 11) is 0. The van der Waals surface area contributed by atoms with Crippen LogP contribution in [-0.2, 0) is 17.8 Å². The number of carbonyl (C=O) groups excluding carboxylic acids is 1. The van der Waals surface area contributed by atoms with Crippen molar-refractivity contribution in [1.29, 1.82) is 0 Å². The second-order valence-electron chi connectivity index (χ2n) is 7.32. The molecule has 0 radical (unpaired) electrons. The number of pyridine rings is 1. The van der Waals surface area contributed by atoms with Crippen molar-refractivity contribution in [2.75, 3.05) is 6.61 Å². The van der Waals surface area contributed by atoms with Crippen molar-refractivity contribution >= 4 is 16.9 Å². The van der Waals surface area contributed by atoms with Gasteiger partial charge in [0.2, 0.25) is 0 Å². The molecule has 1 fully saturated rings. The van der Waals surface area contributed by atoms with Crippen LogP contribution in [0.25, 0.3) is 11.0 Å². The number of H-pyrrole nitrogens is 1. The summed E-state index contributed by atoms with van der Waals surface area (Å²) < 4.78 is 7.20. The minimum atomic E-state index is -0.356. The molecule has 4 rings (SSSR count). The van der Waals surface area contributed by atoms with E-state index >= 15 is 0 Å². The van der Waals surface area contributed by atoms with Gasteiger partial charge in [-0.3, -0.25) is 9.59 Å². The van der Waals surface area contributed by atoms with Gasteiger partial charge >= 0.3 is 0 Å². The number of carbonyl (C=O) groups is 1. The maximum absolute atomic E-state index is 12.8. The number of rotatable bonds is 5. The van der Waals surface area contributed by atoms with Crippen LogP contribution >= 0.6 is 0 Å². The van der Waals surface area contributed by atoms with Crippen molar-refractivity contribution in [2.24, 2.45) is 0 Å². The number of benzene rings is 1. The number of hydrogen-bond donors (Lipinski definition) is 2. The normalized spacial score (nSPS) is 16.6. The second kappa shape index (κ2) is 7.59. The predicted molar refractivity (Wildman–Crippen MR) is 106 cm³/mol. The van der Waals surface area contributed by atoms with E-state index in [4.69, 9.17) is 4.74 Å². The molecule has 1 unspecified atom stereocenters. The molecular formula is C21H24N4O3. The Balaban J connectivity index is 1.50. The van der Waals surface area contributed by atoms with Crippen LogP contribution < -0.4 is 10.9 Å². The third kappa shape index (κ3) is 3.71. The molecule has 3 heterocycles. The summed E-state index contributed by atoms with van der Waals surface area (Å²) in [5, 5.41) is 2.87. The quantitative estimate of drug-likeness (QED) is 0.712. The average Bonchev–Trinajstić information content (AvgIpc) is 3.30. The van der Waals surface area contributed by atoms with Crippen LogP contribution in [-0.4, -0.2) is 33.2 Å². The number of nitrogens with zero attached hydrogens (tertiary/aromatic N) is 2. The van der Waals surface area contributed by atoms with Gasteiger partial charge in [-0.15, -0.1) is 0 Å². The Morgan fingerprint density at radius 3 is 3.00 bits per heavy atom. The molecule has 0 spiro atoms. The van der Waals surface area contributed by atoms with E-state index in [0.717, 1.165) is 41.9 Å². The number of ether oxygens (including phenoxy) is 1. The van der Waals surface area contributed by atoms with Gasteiger partial charge in [-0.2, -0.15) is 0 Å². The van der Waals surface area contributed by atoms with E-state index in [2.05, 4.69) is 15.3 Å². The summed E-state index contributed by atoms with van der Waals surface area (Å²) in [4.78, 5) is 33.1. The van der Waals surface area contributed by atoms with Gasteiger partial charge in [-0.25, -0.2) is 4.98 Å². The molecule has 2 aromatic heterocycles.